The first-order valence-corrected chi connectivity index (χ1v) is 5.83. The quantitative estimate of drug-likeness (QED) is 0.643. The van der Waals surface area contributed by atoms with E-state index in [4.69, 9.17) is 22.7 Å². The Morgan fingerprint density at radius 1 is 1.39 bits per heavy atom. The number of nitrogen functional groups attached to an aromatic ring is 1. The van der Waals surface area contributed by atoms with Crippen molar-refractivity contribution < 1.29 is 0 Å². The molecule has 0 aliphatic heterocycles. The van der Waals surface area contributed by atoms with Crippen LogP contribution in [0.4, 0.5) is 0 Å². The molecule has 18 heavy (non-hydrogen) atoms. The van der Waals surface area contributed by atoms with Gasteiger partial charge in [0.2, 0.25) is 0 Å². The average Bonchev–Trinajstić information content (AvgIpc) is 2.56. The standard InChI is InChI=1S/C12H14ClN5/c1-6-4-5-16-12(9(6)11(14)15)18-8(3)10(13)7(2)17-18/h4-5H,1-3H3,(H3,14,15). The van der Waals surface area contributed by atoms with E-state index in [1.807, 2.05) is 26.8 Å². The van der Waals surface area contributed by atoms with Gasteiger partial charge in [0.1, 0.15) is 5.84 Å². The lowest BCUT2D eigenvalue weighted by Crippen LogP contribution is -2.18. The van der Waals surface area contributed by atoms with Crippen LogP contribution >= 0.6 is 11.6 Å². The van der Waals surface area contributed by atoms with Crippen molar-refractivity contribution in [2.24, 2.45) is 5.73 Å². The number of nitrogens with one attached hydrogen (secondary N) is 1. The summed E-state index contributed by atoms with van der Waals surface area (Å²) in [6.45, 7) is 5.57. The van der Waals surface area contributed by atoms with Crippen LogP contribution in [0.25, 0.3) is 5.82 Å². The van der Waals surface area contributed by atoms with Crippen molar-refractivity contribution in [3.63, 3.8) is 0 Å². The third-order valence-electron chi connectivity index (χ3n) is 2.81. The predicted molar refractivity (Wildman–Crippen MR) is 71.6 cm³/mol. The van der Waals surface area contributed by atoms with Crippen LogP contribution in [-0.4, -0.2) is 20.6 Å². The lowest BCUT2D eigenvalue weighted by Gasteiger charge is -2.11. The minimum atomic E-state index is -0.0284. The van der Waals surface area contributed by atoms with E-state index in [2.05, 4.69) is 10.1 Å². The van der Waals surface area contributed by atoms with Gasteiger partial charge < -0.3 is 5.73 Å². The normalized spacial score (nSPS) is 10.7. The smallest absolute Gasteiger partial charge is 0.164 e. The van der Waals surface area contributed by atoms with Gasteiger partial charge in [-0.25, -0.2) is 9.67 Å². The Hall–Kier alpha value is -1.88. The summed E-state index contributed by atoms with van der Waals surface area (Å²) in [4.78, 5) is 4.27. The summed E-state index contributed by atoms with van der Waals surface area (Å²) >= 11 is 6.12. The maximum absolute atomic E-state index is 7.66. The summed E-state index contributed by atoms with van der Waals surface area (Å²) in [5, 5.41) is 12.6. The largest absolute Gasteiger partial charge is 0.384 e. The van der Waals surface area contributed by atoms with Crippen LogP contribution in [0.5, 0.6) is 0 Å². The second-order valence-corrected chi connectivity index (χ2v) is 4.51. The molecule has 0 spiro atoms. The molecule has 94 valence electrons. The Kier molecular flexibility index (Phi) is 3.09. The summed E-state index contributed by atoms with van der Waals surface area (Å²) in [6.07, 6.45) is 1.67. The molecular weight excluding hydrogens is 250 g/mol. The molecule has 0 saturated carbocycles. The van der Waals surface area contributed by atoms with E-state index in [0.29, 0.717) is 16.4 Å². The molecule has 0 unspecified atom stereocenters. The number of hydrogen-bond acceptors (Lipinski definition) is 3. The molecule has 2 aromatic rings. The van der Waals surface area contributed by atoms with Crippen LogP contribution in [0, 0.1) is 26.2 Å². The van der Waals surface area contributed by atoms with E-state index < -0.39 is 0 Å². The van der Waals surface area contributed by atoms with Gasteiger partial charge in [0.15, 0.2) is 5.82 Å². The maximum Gasteiger partial charge on any atom is 0.164 e. The van der Waals surface area contributed by atoms with Gasteiger partial charge in [-0.1, -0.05) is 11.6 Å². The molecular formula is C12H14ClN5. The van der Waals surface area contributed by atoms with Crippen LogP contribution in [0.1, 0.15) is 22.5 Å². The molecule has 6 heteroatoms. The topological polar surface area (TPSA) is 80.6 Å². The van der Waals surface area contributed by atoms with Crippen molar-refractivity contribution in [1.29, 1.82) is 5.41 Å². The van der Waals surface area contributed by atoms with E-state index in [-0.39, 0.29) is 5.84 Å². The van der Waals surface area contributed by atoms with Gasteiger partial charge in [-0.05, 0) is 32.4 Å². The van der Waals surface area contributed by atoms with E-state index in [9.17, 15) is 0 Å². The van der Waals surface area contributed by atoms with Crippen LogP contribution in [0.15, 0.2) is 12.3 Å². The Morgan fingerprint density at radius 2 is 2.06 bits per heavy atom. The van der Waals surface area contributed by atoms with Crippen molar-refractivity contribution in [3.05, 3.63) is 39.8 Å². The van der Waals surface area contributed by atoms with Gasteiger partial charge in [-0.3, -0.25) is 5.41 Å². The van der Waals surface area contributed by atoms with Crippen LogP contribution in [0.3, 0.4) is 0 Å². The lowest BCUT2D eigenvalue weighted by molar-refractivity contribution is 0.802. The van der Waals surface area contributed by atoms with Crippen LogP contribution < -0.4 is 5.73 Å². The molecule has 0 aliphatic rings. The monoisotopic (exact) mass is 263 g/mol. The van der Waals surface area contributed by atoms with Crippen molar-refractivity contribution in [1.82, 2.24) is 14.8 Å². The van der Waals surface area contributed by atoms with Crippen molar-refractivity contribution >= 4 is 17.4 Å². The second-order valence-electron chi connectivity index (χ2n) is 4.14. The number of rotatable bonds is 2. The molecule has 2 heterocycles. The fourth-order valence-corrected chi connectivity index (χ4v) is 1.99. The first kappa shape index (κ1) is 12.6. The third-order valence-corrected chi connectivity index (χ3v) is 3.36. The predicted octanol–water partition coefficient (Wildman–Crippen LogP) is 2.13. The molecule has 2 rings (SSSR count). The van der Waals surface area contributed by atoms with E-state index in [1.165, 1.54) is 0 Å². The molecule has 0 saturated heterocycles. The molecule has 0 bridgehead atoms. The zero-order valence-electron chi connectivity index (χ0n) is 10.5. The number of hydrogen-bond donors (Lipinski definition) is 2. The zero-order chi connectivity index (χ0) is 13.4. The van der Waals surface area contributed by atoms with Gasteiger partial charge in [0, 0.05) is 6.20 Å². The van der Waals surface area contributed by atoms with Gasteiger partial charge >= 0.3 is 0 Å². The minimum absolute atomic E-state index is 0.0284. The third kappa shape index (κ3) is 1.86. The van der Waals surface area contributed by atoms with Gasteiger partial charge in [0.05, 0.1) is 22.0 Å². The summed E-state index contributed by atoms with van der Waals surface area (Å²) in [6, 6.07) is 1.81. The molecule has 0 fully saturated rings. The van der Waals surface area contributed by atoms with Gasteiger partial charge in [-0.2, -0.15) is 5.10 Å². The van der Waals surface area contributed by atoms with Crippen molar-refractivity contribution in [2.75, 3.05) is 0 Å². The average molecular weight is 264 g/mol. The molecule has 0 aromatic carbocycles. The van der Waals surface area contributed by atoms with E-state index >= 15 is 0 Å². The number of aryl methyl sites for hydroxylation is 2. The Bertz CT molecular complexity index is 630. The first-order valence-electron chi connectivity index (χ1n) is 5.45. The SMILES string of the molecule is Cc1ccnc(-n2nc(C)c(Cl)c2C)c1C(=N)N. The molecule has 2 aromatic heterocycles. The molecule has 0 aliphatic carbocycles. The highest BCUT2D eigenvalue weighted by molar-refractivity contribution is 6.31. The highest BCUT2D eigenvalue weighted by Gasteiger charge is 2.17. The lowest BCUT2D eigenvalue weighted by atomic mass is 10.1. The number of aromatic nitrogens is 3. The van der Waals surface area contributed by atoms with Crippen molar-refractivity contribution in [2.45, 2.75) is 20.8 Å². The summed E-state index contributed by atoms with van der Waals surface area (Å²) in [5.74, 6) is 0.509. The fraction of sp³-hybridized carbons (Fsp3) is 0.250. The Morgan fingerprint density at radius 3 is 2.56 bits per heavy atom. The highest BCUT2D eigenvalue weighted by atomic mass is 35.5. The maximum atomic E-state index is 7.66. The van der Waals surface area contributed by atoms with Gasteiger partial charge in [-0.15, -0.1) is 0 Å². The van der Waals surface area contributed by atoms with Gasteiger partial charge in [0.25, 0.3) is 0 Å². The summed E-state index contributed by atoms with van der Waals surface area (Å²) in [7, 11) is 0. The number of amidine groups is 1. The first-order chi connectivity index (χ1) is 8.43. The molecule has 0 atom stereocenters. The van der Waals surface area contributed by atoms with E-state index in [1.54, 1.807) is 10.9 Å². The number of halogens is 1. The number of nitrogens with two attached hydrogens (primary N) is 1. The minimum Gasteiger partial charge on any atom is -0.384 e. The van der Waals surface area contributed by atoms with Crippen LogP contribution in [-0.2, 0) is 0 Å². The number of pyridine rings is 1. The highest BCUT2D eigenvalue weighted by Crippen LogP contribution is 2.24. The second kappa shape index (κ2) is 4.42. The molecule has 5 nitrogen and oxygen atoms in total. The number of nitrogens with zero attached hydrogens (tertiary/aromatic N) is 3. The van der Waals surface area contributed by atoms with Crippen molar-refractivity contribution in [3.8, 4) is 5.82 Å². The molecule has 0 radical (unpaired) electrons. The Labute approximate surface area is 110 Å². The zero-order valence-corrected chi connectivity index (χ0v) is 11.2. The molecule has 0 amide bonds. The van der Waals surface area contributed by atoms with E-state index in [0.717, 1.165) is 17.0 Å². The summed E-state index contributed by atoms with van der Waals surface area (Å²) < 4.78 is 1.63. The fourth-order valence-electron chi connectivity index (χ4n) is 1.87. The summed E-state index contributed by atoms with van der Waals surface area (Å²) in [5.41, 5.74) is 8.60. The molecule has 3 N–H and O–H groups in total. The Balaban J connectivity index is 2.75. The van der Waals surface area contributed by atoms with Crippen LogP contribution in [0.2, 0.25) is 5.02 Å².